The summed E-state index contributed by atoms with van der Waals surface area (Å²) in [6.07, 6.45) is 2.79. The fourth-order valence-electron chi connectivity index (χ4n) is 3.17. The summed E-state index contributed by atoms with van der Waals surface area (Å²) >= 11 is 1.65. The number of nitrogens with zero attached hydrogens (tertiary/aromatic N) is 1. The van der Waals surface area contributed by atoms with Crippen molar-refractivity contribution in [2.75, 3.05) is 19.3 Å². The van der Waals surface area contributed by atoms with Crippen molar-refractivity contribution < 1.29 is 13.2 Å². The van der Waals surface area contributed by atoms with Crippen molar-refractivity contribution in [2.45, 2.75) is 23.6 Å². The fraction of sp³-hybridized carbons (Fsp3) is 0.250. The Morgan fingerprint density at radius 3 is 2.30 bits per heavy atom. The minimum absolute atomic E-state index is 0.199. The topological polar surface area (TPSA) is 70.2 Å². The Morgan fingerprint density at radius 1 is 1.07 bits per heavy atom. The smallest absolute Gasteiger partial charge is 0.243 e. The zero-order valence-electron chi connectivity index (χ0n) is 15.5. The molecule has 27 heavy (non-hydrogen) atoms. The molecule has 142 valence electrons. The Kier molecular flexibility index (Phi) is 5.74. The van der Waals surface area contributed by atoms with Crippen LogP contribution in [0.1, 0.15) is 24.2 Å². The molecule has 3 rings (SSSR count). The van der Waals surface area contributed by atoms with Crippen LogP contribution in [0.5, 0.6) is 0 Å². The number of carbonyl (C=O) groups is 1. The molecule has 5 nitrogen and oxygen atoms in total. The lowest BCUT2D eigenvalue weighted by atomic mass is 10.1. The van der Waals surface area contributed by atoms with Crippen molar-refractivity contribution in [1.29, 1.82) is 0 Å². The highest BCUT2D eigenvalue weighted by Crippen LogP contribution is 2.32. The molecule has 0 fully saturated rings. The summed E-state index contributed by atoms with van der Waals surface area (Å²) in [4.78, 5) is 16.4. The van der Waals surface area contributed by atoms with Crippen LogP contribution in [0.15, 0.2) is 52.3 Å². The van der Waals surface area contributed by atoms with E-state index in [0.717, 1.165) is 22.3 Å². The first-order chi connectivity index (χ1) is 13.0. The lowest BCUT2D eigenvalue weighted by Gasteiger charge is -2.18. The number of nitrogens with one attached hydrogen (secondary N) is 1. The van der Waals surface area contributed by atoms with E-state index in [1.54, 1.807) is 30.0 Å². The summed E-state index contributed by atoms with van der Waals surface area (Å²) in [5.41, 5.74) is 2.79. The molecule has 1 heterocycles. The van der Waals surface area contributed by atoms with Gasteiger partial charge in [-0.3, -0.25) is 4.79 Å². The normalized spacial score (nSPS) is 12.0. The van der Waals surface area contributed by atoms with E-state index in [4.69, 9.17) is 0 Å². The van der Waals surface area contributed by atoms with Crippen LogP contribution >= 0.6 is 11.8 Å². The highest BCUT2D eigenvalue weighted by Gasteiger charge is 2.23. The highest BCUT2D eigenvalue weighted by molar-refractivity contribution is 7.98. The van der Waals surface area contributed by atoms with Gasteiger partial charge in [0.25, 0.3) is 0 Å². The molecule has 0 bridgehead atoms. The van der Waals surface area contributed by atoms with Crippen LogP contribution in [-0.4, -0.2) is 43.3 Å². The number of rotatable bonds is 7. The molecule has 0 radical (unpaired) electrons. The average Bonchev–Trinajstić information content (AvgIpc) is 3.06. The number of hydrogen-bond acceptors (Lipinski definition) is 4. The molecule has 0 aliphatic carbocycles. The Bertz CT molecular complexity index is 1070. The predicted molar refractivity (Wildman–Crippen MR) is 111 cm³/mol. The van der Waals surface area contributed by atoms with E-state index in [9.17, 15) is 13.2 Å². The van der Waals surface area contributed by atoms with Crippen molar-refractivity contribution >= 4 is 39.0 Å². The number of thioether (sulfide) groups is 1. The largest absolute Gasteiger partial charge is 0.354 e. The van der Waals surface area contributed by atoms with E-state index < -0.39 is 10.0 Å². The fourth-order valence-corrected chi connectivity index (χ4v) is 5.07. The van der Waals surface area contributed by atoms with Crippen molar-refractivity contribution in [1.82, 2.24) is 9.29 Å². The summed E-state index contributed by atoms with van der Waals surface area (Å²) in [7, 11) is -3.58. The van der Waals surface area contributed by atoms with Gasteiger partial charge in [-0.15, -0.1) is 11.8 Å². The standard InChI is InChI=1S/C20H22N2O3S2/c1-4-22(5-2)27(24,25)16-10-11-19-17(12-16)18(13-23)20(21-19)14-6-8-15(26-3)9-7-14/h6-13,21H,4-5H2,1-3H3. The molecule has 3 aromatic rings. The third-order valence-electron chi connectivity index (χ3n) is 4.65. The summed E-state index contributed by atoms with van der Waals surface area (Å²) in [6, 6.07) is 12.8. The average molecular weight is 403 g/mol. The van der Waals surface area contributed by atoms with Crippen LogP contribution in [0.3, 0.4) is 0 Å². The maximum absolute atomic E-state index is 12.8. The van der Waals surface area contributed by atoms with Gasteiger partial charge in [-0.1, -0.05) is 26.0 Å². The zero-order valence-corrected chi connectivity index (χ0v) is 17.2. The van der Waals surface area contributed by atoms with Crippen molar-refractivity contribution in [3.63, 3.8) is 0 Å². The van der Waals surface area contributed by atoms with Gasteiger partial charge in [0.1, 0.15) is 0 Å². The maximum atomic E-state index is 12.8. The molecule has 0 atom stereocenters. The van der Waals surface area contributed by atoms with E-state index in [-0.39, 0.29) is 4.90 Å². The summed E-state index contributed by atoms with van der Waals surface area (Å²) in [5, 5.41) is 0.613. The summed E-state index contributed by atoms with van der Waals surface area (Å²) in [5.74, 6) is 0. The molecule has 0 unspecified atom stereocenters. The molecule has 0 aliphatic rings. The van der Waals surface area contributed by atoms with E-state index in [0.29, 0.717) is 29.7 Å². The van der Waals surface area contributed by atoms with E-state index in [1.165, 1.54) is 4.31 Å². The number of hydrogen-bond donors (Lipinski definition) is 1. The molecule has 2 aromatic carbocycles. The van der Waals surface area contributed by atoms with Gasteiger partial charge in [0.05, 0.1) is 10.6 Å². The number of aromatic amines is 1. The summed E-state index contributed by atoms with van der Waals surface area (Å²) in [6.45, 7) is 4.42. The van der Waals surface area contributed by atoms with Gasteiger partial charge in [0, 0.05) is 34.5 Å². The lowest BCUT2D eigenvalue weighted by molar-refractivity contribution is 0.112. The van der Waals surface area contributed by atoms with Crippen LogP contribution in [0.2, 0.25) is 0 Å². The Balaban J connectivity index is 2.16. The van der Waals surface area contributed by atoms with Gasteiger partial charge >= 0.3 is 0 Å². The van der Waals surface area contributed by atoms with Crippen LogP contribution in [-0.2, 0) is 10.0 Å². The molecule has 7 heteroatoms. The molecule has 0 spiro atoms. The molecule has 0 amide bonds. The number of sulfonamides is 1. The van der Waals surface area contributed by atoms with Gasteiger partial charge < -0.3 is 4.98 Å². The number of H-pyrrole nitrogens is 1. The second-order valence-electron chi connectivity index (χ2n) is 6.06. The van der Waals surface area contributed by atoms with Gasteiger partial charge in [-0.25, -0.2) is 8.42 Å². The molecule has 0 saturated carbocycles. The molecular formula is C20H22N2O3S2. The first-order valence-corrected chi connectivity index (χ1v) is 11.4. The van der Waals surface area contributed by atoms with Crippen molar-refractivity contribution in [2.24, 2.45) is 0 Å². The van der Waals surface area contributed by atoms with Gasteiger partial charge in [-0.2, -0.15) is 4.31 Å². The summed E-state index contributed by atoms with van der Waals surface area (Å²) < 4.78 is 27.0. The first kappa shape index (κ1) is 19.7. The van der Waals surface area contributed by atoms with Crippen LogP contribution in [0, 0.1) is 0 Å². The quantitative estimate of drug-likeness (QED) is 0.470. The number of aromatic nitrogens is 1. The van der Waals surface area contributed by atoms with Gasteiger partial charge in [-0.05, 0) is 42.2 Å². The molecule has 0 saturated heterocycles. The maximum Gasteiger partial charge on any atom is 0.243 e. The minimum atomic E-state index is -3.58. The molecular weight excluding hydrogens is 380 g/mol. The number of aldehydes is 1. The second kappa shape index (κ2) is 7.88. The monoisotopic (exact) mass is 402 g/mol. The lowest BCUT2D eigenvalue weighted by Crippen LogP contribution is -2.30. The third kappa shape index (κ3) is 3.54. The number of benzene rings is 2. The molecule has 1 N–H and O–H groups in total. The minimum Gasteiger partial charge on any atom is -0.354 e. The van der Waals surface area contributed by atoms with E-state index in [2.05, 4.69) is 4.98 Å². The predicted octanol–water partition coefficient (Wildman–Crippen LogP) is 4.40. The Hall–Kier alpha value is -2.09. The molecule has 1 aromatic heterocycles. The van der Waals surface area contributed by atoms with E-state index >= 15 is 0 Å². The first-order valence-electron chi connectivity index (χ1n) is 8.71. The van der Waals surface area contributed by atoms with Crippen LogP contribution in [0.4, 0.5) is 0 Å². The number of fused-ring (bicyclic) bond motifs is 1. The van der Waals surface area contributed by atoms with Gasteiger partial charge in [0.2, 0.25) is 10.0 Å². The second-order valence-corrected chi connectivity index (χ2v) is 8.87. The van der Waals surface area contributed by atoms with E-state index in [1.807, 2.05) is 44.4 Å². The zero-order chi connectivity index (χ0) is 19.6. The molecule has 0 aliphatic heterocycles. The number of carbonyl (C=O) groups excluding carboxylic acids is 1. The van der Waals surface area contributed by atoms with Gasteiger partial charge in [0.15, 0.2) is 6.29 Å². The van der Waals surface area contributed by atoms with Crippen LogP contribution in [0.25, 0.3) is 22.2 Å². The van der Waals surface area contributed by atoms with Crippen molar-refractivity contribution in [3.05, 3.63) is 48.0 Å². The highest BCUT2D eigenvalue weighted by atomic mass is 32.2. The SMILES string of the molecule is CCN(CC)S(=O)(=O)c1ccc2[nH]c(-c3ccc(SC)cc3)c(C=O)c2c1. The Morgan fingerprint density at radius 2 is 1.74 bits per heavy atom. The van der Waals surface area contributed by atoms with Crippen LogP contribution < -0.4 is 0 Å². The van der Waals surface area contributed by atoms with Crippen molar-refractivity contribution in [3.8, 4) is 11.3 Å². The third-order valence-corrected chi connectivity index (χ3v) is 7.44. The Labute approximate surface area is 163 Å².